The molecule has 0 aliphatic carbocycles. The van der Waals surface area contributed by atoms with Gasteiger partial charge in [-0.15, -0.1) is 5.10 Å². The molecule has 0 fully saturated rings. The van der Waals surface area contributed by atoms with Gasteiger partial charge in [0.25, 0.3) is 5.69 Å². The molecule has 0 bridgehead atoms. The molecule has 0 spiro atoms. The van der Waals surface area contributed by atoms with E-state index in [4.69, 9.17) is 0 Å². The molecule has 3 rings (SSSR count). The average Bonchev–Trinajstić information content (AvgIpc) is 2.90. The Morgan fingerprint density at radius 1 is 1.00 bits per heavy atom. The number of fused-ring (bicyclic) bond motifs is 1. The van der Waals surface area contributed by atoms with Crippen LogP contribution in [0, 0.1) is 20.2 Å². The second kappa shape index (κ2) is 4.63. The summed E-state index contributed by atoms with van der Waals surface area (Å²) < 4.78 is 1.29. The van der Waals surface area contributed by atoms with Crippen molar-refractivity contribution in [2.24, 2.45) is 0 Å². The minimum atomic E-state index is -0.684. The van der Waals surface area contributed by atoms with Crippen LogP contribution in [-0.4, -0.2) is 24.8 Å². The van der Waals surface area contributed by atoms with E-state index in [2.05, 4.69) is 10.3 Å². The fraction of sp³-hybridized carbons (Fsp3) is 0. The van der Waals surface area contributed by atoms with Gasteiger partial charge >= 0.3 is 5.69 Å². The van der Waals surface area contributed by atoms with Crippen LogP contribution in [0.15, 0.2) is 42.5 Å². The van der Waals surface area contributed by atoms with Gasteiger partial charge < -0.3 is 0 Å². The molecule has 0 unspecified atom stereocenters. The first-order valence-electron chi connectivity index (χ1n) is 5.81. The van der Waals surface area contributed by atoms with E-state index >= 15 is 0 Å². The van der Waals surface area contributed by atoms with Gasteiger partial charge in [-0.3, -0.25) is 20.2 Å². The highest BCUT2D eigenvalue weighted by molar-refractivity contribution is 5.77. The third-order valence-electron chi connectivity index (χ3n) is 2.95. The Labute approximate surface area is 116 Å². The molecule has 0 aliphatic heterocycles. The minimum absolute atomic E-state index is 0.124. The number of nitro groups is 2. The van der Waals surface area contributed by atoms with E-state index in [1.807, 2.05) is 0 Å². The molecule has 2 aromatic carbocycles. The van der Waals surface area contributed by atoms with Gasteiger partial charge in [0.1, 0.15) is 11.2 Å². The molecule has 9 heteroatoms. The molecule has 1 heterocycles. The van der Waals surface area contributed by atoms with Gasteiger partial charge in [0.15, 0.2) is 0 Å². The summed E-state index contributed by atoms with van der Waals surface area (Å²) in [5, 5.41) is 29.7. The Kier molecular flexibility index (Phi) is 2.79. The summed E-state index contributed by atoms with van der Waals surface area (Å²) in [6, 6.07) is 10.3. The number of nitrogens with zero attached hydrogens (tertiary/aromatic N) is 5. The van der Waals surface area contributed by atoms with E-state index < -0.39 is 15.5 Å². The number of para-hydroxylation sites is 1. The van der Waals surface area contributed by atoms with Crippen molar-refractivity contribution in [2.75, 3.05) is 0 Å². The maximum atomic E-state index is 11.1. The van der Waals surface area contributed by atoms with E-state index in [0.717, 1.165) is 6.07 Å². The van der Waals surface area contributed by atoms with Crippen molar-refractivity contribution in [3.8, 4) is 5.69 Å². The van der Waals surface area contributed by atoms with E-state index in [1.165, 1.54) is 16.8 Å². The van der Waals surface area contributed by atoms with Crippen LogP contribution in [0.25, 0.3) is 16.7 Å². The maximum absolute atomic E-state index is 11.1. The topological polar surface area (TPSA) is 117 Å². The van der Waals surface area contributed by atoms with Gasteiger partial charge in [0.05, 0.1) is 21.4 Å². The summed E-state index contributed by atoms with van der Waals surface area (Å²) in [6.07, 6.45) is 0. The largest absolute Gasteiger partial charge is 0.301 e. The van der Waals surface area contributed by atoms with Crippen molar-refractivity contribution in [3.63, 3.8) is 0 Å². The summed E-state index contributed by atoms with van der Waals surface area (Å²) in [5.41, 5.74) is 0.522. The molecular weight excluding hydrogens is 278 g/mol. The Balaban J connectivity index is 2.27. The molecular formula is C12H7N5O4. The Morgan fingerprint density at radius 2 is 1.76 bits per heavy atom. The molecule has 1 aromatic heterocycles. The zero-order valence-electron chi connectivity index (χ0n) is 10.4. The lowest BCUT2D eigenvalue weighted by Crippen LogP contribution is -2.03. The number of nitro benzene ring substituents is 2. The highest BCUT2D eigenvalue weighted by Gasteiger charge is 2.22. The van der Waals surface area contributed by atoms with Crippen molar-refractivity contribution in [2.45, 2.75) is 0 Å². The number of rotatable bonds is 3. The molecule has 104 valence electrons. The third kappa shape index (κ3) is 2.06. The van der Waals surface area contributed by atoms with Crippen LogP contribution in [0.2, 0.25) is 0 Å². The molecule has 0 saturated carbocycles. The predicted octanol–water partition coefficient (Wildman–Crippen LogP) is 2.24. The average molecular weight is 285 g/mol. The summed E-state index contributed by atoms with van der Waals surface area (Å²) in [5.74, 6) is 0. The molecule has 3 aromatic rings. The number of aromatic nitrogens is 3. The van der Waals surface area contributed by atoms with Crippen molar-refractivity contribution in [3.05, 3.63) is 62.7 Å². The highest BCUT2D eigenvalue weighted by Crippen LogP contribution is 2.29. The first-order valence-corrected chi connectivity index (χ1v) is 5.81. The first kappa shape index (κ1) is 12.7. The molecule has 0 amide bonds. The number of non-ortho nitro benzene ring substituents is 1. The summed E-state index contributed by atoms with van der Waals surface area (Å²) in [6.45, 7) is 0. The number of hydrogen-bond acceptors (Lipinski definition) is 6. The standard InChI is InChI=1S/C12H7N5O4/c18-16(19)8-5-6-11(12(7-8)17(20)21)15-10-4-2-1-3-9(10)13-14-15/h1-7H. The number of benzene rings is 2. The highest BCUT2D eigenvalue weighted by atomic mass is 16.6. The Hall–Kier alpha value is -3.36. The van der Waals surface area contributed by atoms with Gasteiger partial charge in [0, 0.05) is 6.07 Å². The van der Waals surface area contributed by atoms with Crippen LogP contribution in [0.3, 0.4) is 0 Å². The van der Waals surface area contributed by atoms with Gasteiger partial charge in [-0.05, 0) is 18.2 Å². The SMILES string of the molecule is O=[N+]([O-])c1ccc(-n2nnc3ccccc32)c([N+](=O)[O-])c1. The molecule has 0 N–H and O–H groups in total. The lowest BCUT2D eigenvalue weighted by Gasteiger charge is -2.03. The second-order valence-corrected chi connectivity index (χ2v) is 4.18. The van der Waals surface area contributed by atoms with Crippen molar-refractivity contribution in [1.29, 1.82) is 0 Å². The Bertz CT molecular complexity index is 873. The molecule has 9 nitrogen and oxygen atoms in total. The summed E-state index contributed by atoms with van der Waals surface area (Å²) >= 11 is 0. The normalized spacial score (nSPS) is 10.7. The molecule has 21 heavy (non-hydrogen) atoms. The zero-order chi connectivity index (χ0) is 15.0. The van der Waals surface area contributed by atoms with E-state index in [1.54, 1.807) is 24.3 Å². The van der Waals surface area contributed by atoms with Crippen molar-refractivity contribution in [1.82, 2.24) is 15.0 Å². The fourth-order valence-electron chi connectivity index (χ4n) is 2.00. The van der Waals surface area contributed by atoms with Crippen LogP contribution >= 0.6 is 0 Å². The fourth-order valence-corrected chi connectivity index (χ4v) is 2.00. The second-order valence-electron chi connectivity index (χ2n) is 4.18. The van der Waals surface area contributed by atoms with Crippen LogP contribution in [0.1, 0.15) is 0 Å². The van der Waals surface area contributed by atoms with E-state index in [0.29, 0.717) is 11.0 Å². The predicted molar refractivity (Wildman–Crippen MR) is 72.2 cm³/mol. The van der Waals surface area contributed by atoms with Crippen LogP contribution in [-0.2, 0) is 0 Å². The monoisotopic (exact) mass is 285 g/mol. The van der Waals surface area contributed by atoms with Crippen molar-refractivity contribution < 1.29 is 9.85 Å². The van der Waals surface area contributed by atoms with Gasteiger partial charge in [0.2, 0.25) is 0 Å². The van der Waals surface area contributed by atoms with Crippen LogP contribution in [0.4, 0.5) is 11.4 Å². The van der Waals surface area contributed by atoms with Crippen molar-refractivity contribution >= 4 is 22.4 Å². The van der Waals surface area contributed by atoms with Gasteiger partial charge in [-0.2, -0.15) is 0 Å². The number of hydrogen-bond donors (Lipinski definition) is 0. The maximum Gasteiger partial charge on any atom is 0.301 e. The minimum Gasteiger partial charge on any atom is -0.258 e. The quantitative estimate of drug-likeness (QED) is 0.538. The summed E-state index contributed by atoms with van der Waals surface area (Å²) in [4.78, 5) is 20.5. The van der Waals surface area contributed by atoms with Gasteiger partial charge in [-0.25, -0.2) is 4.68 Å². The molecule has 0 radical (unpaired) electrons. The van der Waals surface area contributed by atoms with Crippen LogP contribution < -0.4 is 0 Å². The summed E-state index contributed by atoms with van der Waals surface area (Å²) in [7, 11) is 0. The lowest BCUT2D eigenvalue weighted by molar-refractivity contribution is -0.394. The Morgan fingerprint density at radius 3 is 2.48 bits per heavy atom. The smallest absolute Gasteiger partial charge is 0.258 e. The van der Waals surface area contributed by atoms with E-state index in [-0.39, 0.29) is 11.4 Å². The molecule has 0 aliphatic rings. The van der Waals surface area contributed by atoms with Gasteiger partial charge in [-0.1, -0.05) is 17.3 Å². The molecule has 0 atom stereocenters. The molecule has 0 saturated heterocycles. The first-order chi connectivity index (χ1) is 10.1. The lowest BCUT2D eigenvalue weighted by atomic mass is 10.2. The van der Waals surface area contributed by atoms with Crippen LogP contribution in [0.5, 0.6) is 0 Å². The zero-order valence-corrected chi connectivity index (χ0v) is 10.4. The third-order valence-corrected chi connectivity index (χ3v) is 2.95. The van der Waals surface area contributed by atoms with E-state index in [9.17, 15) is 20.2 Å².